The molecule has 22 heavy (non-hydrogen) atoms. The van der Waals surface area contributed by atoms with E-state index in [9.17, 15) is 17.8 Å². The molecule has 2 amide bonds. The van der Waals surface area contributed by atoms with Crippen LogP contribution in [0.2, 0.25) is 0 Å². The second-order valence-corrected chi connectivity index (χ2v) is 7.13. The summed E-state index contributed by atoms with van der Waals surface area (Å²) in [5.41, 5.74) is 0.235. The molecule has 0 radical (unpaired) electrons. The van der Waals surface area contributed by atoms with Gasteiger partial charge in [-0.05, 0) is 18.9 Å². The summed E-state index contributed by atoms with van der Waals surface area (Å²) in [6, 6.07) is 1.97. The lowest BCUT2D eigenvalue weighted by Crippen LogP contribution is -2.45. The molecule has 0 spiro atoms. The predicted octanol–water partition coefficient (Wildman–Crippen LogP) is 2.73. The van der Waals surface area contributed by atoms with E-state index in [1.165, 1.54) is 6.07 Å². The van der Waals surface area contributed by atoms with Gasteiger partial charge in [0, 0.05) is 40.5 Å². The maximum atomic E-state index is 13.9. The van der Waals surface area contributed by atoms with Crippen molar-refractivity contribution in [2.75, 3.05) is 12.0 Å². The van der Waals surface area contributed by atoms with E-state index in [0.29, 0.717) is 5.75 Å². The minimum absolute atomic E-state index is 0.0821. The number of hydrogen-bond donors (Lipinski definition) is 2. The Morgan fingerprint density at radius 1 is 1.23 bits per heavy atom. The monoisotopic (exact) mass is 332 g/mol. The first kappa shape index (κ1) is 18.5. The number of amides is 2. The summed E-state index contributed by atoms with van der Waals surface area (Å²) in [7, 11) is -1.02. The topological polar surface area (TPSA) is 58.2 Å². The van der Waals surface area contributed by atoms with Gasteiger partial charge in [0.05, 0.1) is 6.04 Å². The first-order valence-corrected chi connectivity index (χ1v) is 8.75. The SMILES string of the molecule is CC(CS(C)=O)NC(=O)NC(c1ccc(F)cc1F)C(C)C. The zero-order valence-electron chi connectivity index (χ0n) is 13.2. The number of nitrogens with one attached hydrogen (secondary N) is 2. The van der Waals surface area contributed by atoms with Gasteiger partial charge in [0.1, 0.15) is 11.6 Å². The predicted molar refractivity (Wildman–Crippen MR) is 84.0 cm³/mol. The van der Waals surface area contributed by atoms with Crippen molar-refractivity contribution in [2.45, 2.75) is 32.9 Å². The van der Waals surface area contributed by atoms with Gasteiger partial charge < -0.3 is 10.6 Å². The first-order valence-electron chi connectivity index (χ1n) is 7.02. The molecule has 4 nitrogen and oxygen atoms in total. The molecule has 1 aromatic carbocycles. The lowest BCUT2D eigenvalue weighted by atomic mass is 9.95. The Morgan fingerprint density at radius 3 is 2.36 bits per heavy atom. The molecular weight excluding hydrogens is 310 g/mol. The Bertz CT molecular complexity index is 552. The summed E-state index contributed by atoms with van der Waals surface area (Å²) < 4.78 is 38.0. The molecule has 0 heterocycles. The van der Waals surface area contributed by atoms with Gasteiger partial charge in [-0.2, -0.15) is 0 Å². The highest BCUT2D eigenvalue weighted by Gasteiger charge is 2.22. The normalized spacial score (nSPS) is 15.2. The summed E-state index contributed by atoms with van der Waals surface area (Å²) in [5.74, 6) is -1.10. The maximum absolute atomic E-state index is 13.9. The van der Waals surface area contributed by atoms with E-state index in [0.717, 1.165) is 12.1 Å². The molecule has 3 unspecified atom stereocenters. The number of hydrogen-bond acceptors (Lipinski definition) is 2. The van der Waals surface area contributed by atoms with Crippen LogP contribution in [0.1, 0.15) is 32.4 Å². The average molecular weight is 332 g/mol. The molecule has 0 aliphatic heterocycles. The highest BCUT2D eigenvalue weighted by Crippen LogP contribution is 2.24. The Morgan fingerprint density at radius 2 is 1.86 bits per heavy atom. The van der Waals surface area contributed by atoms with E-state index in [2.05, 4.69) is 10.6 Å². The highest BCUT2D eigenvalue weighted by atomic mass is 32.2. The fourth-order valence-electron chi connectivity index (χ4n) is 2.16. The van der Waals surface area contributed by atoms with Crippen LogP contribution in [-0.2, 0) is 10.8 Å². The molecule has 3 atom stereocenters. The molecule has 1 rings (SSSR count). The van der Waals surface area contributed by atoms with Crippen LogP contribution < -0.4 is 10.6 Å². The van der Waals surface area contributed by atoms with Crippen LogP contribution in [0.4, 0.5) is 13.6 Å². The average Bonchev–Trinajstić information content (AvgIpc) is 2.35. The summed E-state index contributed by atoms with van der Waals surface area (Å²) in [4.78, 5) is 12.0. The third-order valence-corrected chi connectivity index (χ3v) is 4.08. The molecule has 7 heteroatoms. The number of benzene rings is 1. The number of carbonyl (C=O) groups excluding carboxylic acids is 1. The number of carbonyl (C=O) groups is 1. The van der Waals surface area contributed by atoms with Crippen molar-refractivity contribution in [2.24, 2.45) is 5.92 Å². The van der Waals surface area contributed by atoms with E-state index in [4.69, 9.17) is 0 Å². The van der Waals surface area contributed by atoms with E-state index < -0.39 is 34.5 Å². The van der Waals surface area contributed by atoms with Gasteiger partial charge in [0.15, 0.2) is 0 Å². The third-order valence-electron chi connectivity index (χ3n) is 3.11. The van der Waals surface area contributed by atoms with Crippen molar-refractivity contribution in [3.8, 4) is 0 Å². The van der Waals surface area contributed by atoms with Crippen LogP contribution in [0, 0.1) is 17.6 Å². The summed E-state index contributed by atoms with van der Waals surface area (Å²) in [5, 5.41) is 5.34. The van der Waals surface area contributed by atoms with Gasteiger partial charge in [-0.15, -0.1) is 0 Å². The van der Waals surface area contributed by atoms with E-state index >= 15 is 0 Å². The smallest absolute Gasteiger partial charge is 0.315 e. The summed E-state index contributed by atoms with van der Waals surface area (Å²) in [6.45, 7) is 5.40. The second-order valence-electron chi connectivity index (χ2n) is 5.65. The molecule has 1 aromatic rings. The van der Waals surface area contributed by atoms with Gasteiger partial charge in [-0.3, -0.25) is 4.21 Å². The Balaban J connectivity index is 2.80. The minimum Gasteiger partial charge on any atom is -0.335 e. The molecular formula is C15H22F2N2O2S. The highest BCUT2D eigenvalue weighted by molar-refractivity contribution is 7.84. The Labute approximate surface area is 132 Å². The molecule has 0 aliphatic rings. The van der Waals surface area contributed by atoms with Gasteiger partial charge in [0.2, 0.25) is 0 Å². The van der Waals surface area contributed by atoms with Gasteiger partial charge in [-0.1, -0.05) is 19.9 Å². The van der Waals surface area contributed by atoms with Crippen LogP contribution >= 0.6 is 0 Å². The van der Waals surface area contributed by atoms with Crippen LogP contribution in [-0.4, -0.2) is 28.3 Å². The fourth-order valence-corrected chi connectivity index (χ4v) is 2.95. The number of urea groups is 1. The van der Waals surface area contributed by atoms with Crippen molar-refractivity contribution >= 4 is 16.8 Å². The van der Waals surface area contributed by atoms with Gasteiger partial charge >= 0.3 is 6.03 Å². The third kappa shape index (κ3) is 5.71. The van der Waals surface area contributed by atoms with Crippen molar-refractivity contribution < 1.29 is 17.8 Å². The summed E-state index contributed by atoms with van der Waals surface area (Å²) >= 11 is 0. The quantitative estimate of drug-likeness (QED) is 0.841. The lowest BCUT2D eigenvalue weighted by molar-refractivity contribution is 0.230. The van der Waals surface area contributed by atoms with E-state index in [-0.39, 0.29) is 17.5 Å². The van der Waals surface area contributed by atoms with Crippen molar-refractivity contribution in [1.82, 2.24) is 10.6 Å². The lowest BCUT2D eigenvalue weighted by Gasteiger charge is -2.24. The molecule has 0 saturated carbocycles. The minimum atomic E-state index is -1.02. The van der Waals surface area contributed by atoms with Crippen molar-refractivity contribution in [3.05, 3.63) is 35.4 Å². The molecule has 0 bridgehead atoms. The maximum Gasteiger partial charge on any atom is 0.315 e. The molecule has 0 aliphatic carbocycles. The molecule has 0 aromatic heterocycles. The Hall–Kier alpha value is -1.50. The van der Waals surface area contributed by atoms with Gasteiger partial charge in [-0.25, -0.2) is 13.6 Å². The first-order chi connectivity index (χ1) is 10.2. The van der Waals surface area contributed by atoms with Gasteiger partial charge in [0.25, 0.3) is 0 Å². The second kappa shape index (κ2) is 8.22. The van der Waals surface area contributed by atoms with Crippen LogP contribution in [0.5, 0.6) is 0 Å². The van der Waals surface area contributed by atoms with Crippen molar-refractivity contribution in [3.63, 3.8) is 0 Å². The summed E-state index contributed by atoms with van der Waals surface area (Å²) in [6.07, 6.45) is 1.56. The van der Waals surface area contributed by atoms with Crippen LogP contribution in [0.25, 0.3) is 0 Å². The number of rotatable bonds is 6. The zero-order chi connectivity index (χ0) is 16.9. The largest absolute Gasteiger partial charge is 0.335 e. The Kier molecular flexibility index (Phi) is 6.93. The standard InChI is InChI=1S/C15H22F2N2O2S/c1-9(2)14(12-6-5-11(16)7-13(12)17)19-15(20)18-10(3)8-22(4)21/h5-7,9-10,14H,8H2,1-4H3,(H2,18,19,20). The van der Waals surface area contributed by atoms with Crippen molar-refractivity contribution in [1.29, 1.82) is 0 Å². The van der Waals surface area contributed by atoms with E-state index in [1.54, 1.807) is 13.2 Å². The fraction of sp³-hybridized carbons (Fsp3) is 0.533. The van der Waals surface area contributed by atoms with E-state index in [1.807, 2.05) is 13.8 Å². The molecule has 124 valence electrons. The molecule has 0 fully saturated rings. The molecule has 0 saturated heterocycles. The van der Waals surface area contributed by atoms with Crippen LogP contribution in [0.15, 0.2) is 18.2 Å². The zero-order valence-corrected chi connectivity index (χ0v) is 14.0. The number of halogens is 2. The molecule has 2 N–H and O–H groups in total. The van der Waals surface area contributed by atoms with Crippen LogP contribution in [0.3, 0.4) is 0 Å².